The van der Waals surface area contributed by atoms with Crippen LogP contribution in [0.15, 0.2) is 35.2 Å². The summed E-state index contributed by atoms with van der Waals surface area (Å²) in [7, 11) is 3.94. The molecule has 0 aliphatic heterocycles. The monoisotopic (exact) mass is 432 g/mol. The molecule has 0 unspecified atom stereocenters. The second-order valence-electron chi connectivity index (χ2n) is 7.10. The molecule has 0 saturated heterocycles. The molecule has 1 aliphatic rings. The number of anilines is 2. The van der Waals surface area contributed by atoms with Gasteiger partial charge in [0, 0.05) is 49.7 Å². The Morgan fingerprint density at radius 1 is 1.26 bits per heavy atom. The lowest BCUT2D eigenvalue weighted by Gasteiger charge is -2.29. The molecular weight excluding hydrogens is 408 g/mol. The smallest absolute Gasteiger partial charge is 0.252 e. The van der Waals surface area contributed by atoms with E-state index in [9.17, 15) is 4.79 Å². The number of hydrogen-bond donors (Lipinski definition) is 2. The van der Waals surface area contributed by atoms with E-state index in [-0.39, 0.29) is 5.91 Å². The number of hydrogen-bond acceptors (Lipinski definition) is 6. The number of aromatic nitrogens is 3. The fraction of sp³-hybridized carbons (Fsp3) is 0.474. The number of halogens is 1. The lowest BCUT2D eigenvalue weighted by atomic mass is 9.86. The number of nitrogens with one attached hydrogen (secondary N) is 2. The second-order valence-corrected chi connectivity index (χ2v) is 8.01. The summed E-state index contributed by atoms with van der Waals surface area (Å²) >= 11 is 3.34. The fourth-order valence-electron chi connectivity index (χ4n) is 3.24. The molecule has 0 radical (unpaired) electrons. The Balaban J connectivity index is 1.44. The van der Waals surface area contributed by atoms with E-state index in [1.165, 1.54) is 0 Å². The average molecular weight is 433 g/mol. The van der Waals surface area contributed by atoms with Gasteiger partial charge in [0.25, 0.3) is 5.91 Å². The van der Waals surface area contributed by atoms with Gasteiger partial charge in [-0.3, -0.25) is 9.78 Å². The molecule has 1 saturated carbocycles. The van der Waals surface area contributed by atoms with Crippen LogP contribution in [-0.2, 0) is 0 Å². The molecule has 2 aromatic rings. The predicted molar refractivity (Wildman–Crippen MR) is 110 cm³/mol. The van der Waals surface area contributed by atoms with Gasteiger partial charge in [-0.2, -0.15) is 4.98 Å². The lowest BCUT2D eigenvalue weighted by Crippen LogP contribution is -2.34. The van der Waals surface area contributed by atoms with Gasteiger partial charge in [0.15, 0.2) is 0 Å². The number of nitrogens with zero attached hydrogens (tertiary/aromatic N) is 4. The van der Waals surface area contributed by atoms with Crippen molar-refractivity contribution < 1.29 is 4.79 Å². The molecule has 0 atom stereocenters. The highest BCUT2D eigenvalue weighted by Crippen LogP contribution is 2.26. The fourth-order valence-corrected chi connectivity index (χ4v) is 3.60. The molecule has 27 heavy (non-hydrogen) atoms. The summed E-state index contributed by atoms with van der Waals surface area (Å²) in [5.74, 6) is 2.00. The van der Waals surface area contributed by atoms with E-state index >= 15 is 0 Å². The van der Waals surface area contributed by atoms with Crippen LogP contribution in [0.3, 0.4) is 0 Å². The SMILES string of the molecule is CN(C)c1ccnc(N[C@H]2CC[C@@H](CNC(=O)c3cncc(Br)c3)CC2)n1. The zero-order valence-electron chi connectivity index (χ0n) is 15.7. The Labute approximate surface area is 168 Å². The molecule has 2 N–H and O–H groups in total. The molecule has 0 aromatic carbocycles. The molecule has 1 amide bonds. The van der Waals surface area contributed by atoms with Crippen LogP contribution in [0.1, 0.15) is 36.0 Å². The van der Waals surface area contributed by atoms with Gasteiger partial charge in [0.2, 0.25) is 5.95 Å². The third kappa shape index (κ3) is 5.63. The van der Waals surface area contributed by atoms with Crippen molar-refractivity contribution in [2.45, 2.75) is 31.7 Å². The summed E-state index contributed by atoms with van der Waals surface area (Å²) in [6.07, 6.45) is 9.28. The Hall–Kier alpha value is -2.22. The van der Waals surface area contributed by atoms with Gasteiger partial charge in [0.1, 0.15) is 5.82 Å². The van der Waals surface area contributed by atoms with Crippen LogP contribution in [0, 0.1) is 5.92 Å². The van der Waals surface area contributed by atoms with Gasteiger partial charge < -0.3 is 15.5 Å². The minimum absolute atomic E-state index is 0.0713. The van der Waals surface area contributed by atoms with E-state index in [1.54, 1.807) is 24.7 Å². The van der Waals surface area contributed by atoms with Crippen LogP contribution in [0.25, 0.3) is 0 Å². The number of pyridine rings is 1. The summed E-state index contributed by atoms with van der Waals surface area (Å²) in [5.41, 5.74) is 0.581. The first kappa shape index (κ1) is 19.5. The van der Waals surface area contributed by atoms with Gasteiger partial charge in [-0.15, -0.1) is 0 Å². The van der Waals surface area contributed by atoms with E-state index in [0.29, 0.717) is 30.0 Å². The third-order valence-corrected chi connectivity index (χ3v) is 5.23. The summed E-state index contributed by atoms with van der Waals surface area (Å²) in [4.78, 5) is 27.1. The maximum absolute atomic E-state index is 12.2. The molecule has 3 rings (SSSR count). The zero-order chi connectivity index (χ0) is 19.2. The Morgan fingerprint density at radius 2 is 2.04 bits per heavy atom. The molecule has 8 heteroatoms. The normalized spacial score (nSPS) is 19.4. The first-order valence-electron chi connectivity index (χ1n) is 9.17. The summed E-state index contributed by atoms with van der Waals surface area (Å²) in [6.45, 7) is 0.699. The highest BCUT2D eigenvalue weighted by molar-refractivity contribution is 9.10. The lowest BCUT2D eigenvalue weighted by molar-refractivity contribution is 0.0943. The second kappa shape index (κ2) is 9.12. The van der Waals surface area contributed by atoms with Crippen molar-refractivity contribution in [2.24, 2.45) is 5.92 Å². The van der Waals surface area contributed by atoms with E-state index in [2.05, 4.69) is 41.5 Å². The summed E-state index contributed by atoms with van der Waals surface area (Å²) < 4.78 is 0.808. The van der Waals surface area contributed by atoms with Crippen molar-refractivity contribution in [3.8, 4) is 0 Å². The van der Waals surface area contributed by atoms with Gasteiger partial charge in [-0.1, -0.05) is 0 Å². The average Bonchev–Trinajstić information content (AvgIpc) is 2.67. The molecule has 1 fully saturated rings. The number of carbonyl (C=O) groups is 1. The largest absolute Gasteiger partial charge is 0.363 e. The quantitative estimate of drug-likeness (QED) is 0.729. The maximum Gasteiger partial charge on any atom is 0.252 e. The van der Waals surface area contributed by atoms with Crippen molar-refractivity contribution in [2.75, 3.05) is 30.9 Å². The molecule has 7 nitrogen and oxygen atoms in total. The molecule has 144 valence electrons. The first-order valence-corrected chi connectivity index (χ1v) is 9.96. The Morgan fingerprint density at radius 3 is 2.74 bits per heavy atom. The molecular formula is C19H25BrN6O. The molecule has 2 heterocycles. The van der Waals surface area contributed by atoms with Gasteiger partial charge in [-0.25, -0.2) is 4.98 Å². The Kier molecular flexibility index (Phi) is 6.60. The van der Waals surface area contributed by atoms with Crippen molar-refractivity contribution in [3.05, 3.63) is 40.8 Å². The van der Waals surface area contributed by atoms with Crippen LogP contribution in [0.4, 0.5) is 11.8 Å². The zero-order valence-corrected chi connectivity index (χ0v) is 17.2. The van der Waals surface area contributed by atoms with E-state index in [0.717, 1.165) is 36.0 Å². The topological polar surface area (TPSA) is 83.0 Å². The van der Waals surface area contributed by atoms with Crippen molar-refractivity contribution in [1.82, 2.24) is 20.3 Å². The molecule has 0 spiro atoms. The summed E-state index contributed by atoms with van der Waals surface area (Å²) in [5, 5.41) is 6.47. The predicted octanol–water partition coefficient (Wildman–Crippen LogP) is 3.10. The van der Waals surface area contributed by atoms with Crippen LogP contribution < -0.4 is 15.5 Å². The van der Waals surface area contributed by atoms with Crippen molar-refractivity contribution in [1.29, 1.82) is 0 Å². The van der Waals surface area contributed by atoms with E-state index in [4.69, 9.17) is 0 Å². The molecule has 0 bridgehead atoms. The highest BCUT2D eigenvalue weighted by Gasteiger charge is 2.22. The van der Waals surface area contributed by atoms with Crippen LogP contribution in [0.5, 0.6) is 0 Å². The maximum atomic E-state index is 12.2. The number of amides is 1. The number of carbonyl (C=O) groups excluding carboxylic acids is 1. The van der Waals surface area contributed by atoms with Gasteiger partial charge in [0.05, 0.1) is 5.56 Å². The highest BCUT2D eigenvalue weighted by atomic mass is 79.9. The standard InChI is InChI=1S/C19H25BrN6O/c1-26(2)17-7-8-22-19(25-17)24-16-5-3-13(4-6-16)10-23-18(27)14-9-15(20)12-21-11-14/h7-9,11-13,16H,3-6,10H2,1-2H3,(H,23,27)(H,22,24,25)/t13-,16+. The van der Waals surface area contributed by atoms with Crippen LogP contribution in [-0.4, -0.2) is 47.5 Å². The van der Waals surface area contributed by atoms with Gasteiger partial charge >= 0.3 is 0 Å². The van der Waals surface area contributed by atoms with Crippen molar-refractivity contribution in [3.63, 3.8) is 0 Å². The van der Waals surface area contributed by atoms with Gasteiger partial charge in [-0.05, 0) is 59.7 Å². The molecule has 2 aromatic heterocycles. The number of rotatable bonds is 6. The summed E-state index contributed by atoms with van der Waals surface area (Å²) in [6, 6.07) is 4.06. The Bertz CT molecular complexity index is 776. The van der Waals surface area contributed by atoms with Crippen molar-refractivity contribution >= 4 is 33.6 Å². The minimum Gasteiger partial charge on any atom is -0.363 e. The molecule has 1 aliphatic carbocycles. The van der Waals surface area contributed by atoms with E-state index < -0.39 is 0 Å². The minimum atomic E-state index is -0.0713. The first-order chi connectivity index (χ1) is 13.0. The van der Waals surface area contributed by atoms with Crippen LogP contribution in [0.2, 0.25) is 0 Å². The van der Waals surface area contributed by atoms with E-state index in [1.807, 2.05) is 25.1 Å². The third-order valence-electron chi connectivity index (χ3n) is 4.80. The van der Waals surface area contributed by atoms with Crippen LogP contribution >= 0.6 is 15.9 Å².